The summed E-state index contributed by atoms with van der Waals surface area (Å²) in [7, 11) is 0. The normalized spacial score (nSPS) is 10.0. The second kappa shape index (κ2) is 4.97. The third-order valence-electron chi connectivity index (χ3n) is 1.62. The molecule has 0 atom stereocenters. The van der Waals surface area contributed by atoms with Crippen LogP contribution in [0.3, 0.4) is 0 Å². The highest BCUT2D eigenvalue weighted by atomic mass is 32.1. The molecule has 1 rings (SSSR count). The van der Waals surface area contributed by atoms with E-state index in [2.05, 4.69) is 17.2 Å². The summed E-state index contributed by atoms with van der Waals surface area (Å²) in [6, 6.07) is 0. The minimum absolute atomic E-state index is 0.0589. The van der Waals surface area contributed by atoms with E-state index in [4.69, 9.17) is 0 Å². The van der Waals surface area contributed by atoms with Gasteiger partial charge in [-0.2, -0.15) is 0 Å². The molecule has 0 aliphatic carbocycles. The first kappa shape index (κ1) is 10.2. The van der Waals surface area contributed by atoms with Crippen LogP contribution in [0.5, 0.6) is 0 Å². The van der Waals surface area contributed by atoms with Gasteiger partial charge in [0.15, 0.2) is 5.13 Å². The van der Waals surface area contributed by atoms with Crippen molar-refractivity contribution in [1.82, 2.24) is 4.98 Å². The molecule has 1 N–H and O–H groups in total. The number of unbranched alkanes of at least 4 members (excludes halogenated alkanes) is 1. The van der Waals surface area contributed by atoms with Crippen molar-refractivity contribution in [3.8, 4) is 0 Å². The van der Waals surface area contributed by atoms with Crippen molar-refractivity contribution in [2.75, 3.05) is 5.32 Å². The zero-order valence-electron chi connectivity index (χ0n) is 7.96. The third-order valence-corrected chi connectivity index (χ3v) is 2.43. The molecule has 0 spiro atoms. The standard InChI is InChI=1S/C9H14N2OS/c1-3-4-5-8-6-13-9(11-8)10-7(2)12/h6H,3-5H2,1-2H3,(H,10,11,12). The molecule has 0 unspecified atom stereocenters. The van der Waals surface area contributed by atoms with Gasteiger partial charge in [-0.25, -0.2) is 4.98 Å². The van der Waals surface area contributed by atoms with Crippen LogP contribution >= 0.6 is 11.3 Å². The molecule has 13 heavy (non-hydrogen) atoms. The lowest BCUT2D eigenvalue weighted by atomic mass is 10.2. The summed E-state index contributed by atoms with van der Waals surface area (Å²) < 4.78 is 0. The summed E-state index contributed by atoms with van der Waals surface area (Å²) in [6.07, 6.45) is 3.34. The molecule has 0 saturated carbocycles. The number of hydrogen-bond donors (Lipinski definition) is 1. The van der Waals surface area contributed by atoms with E-state index in [0.717, 1.165) is 18.5 Å². The van der Waals surface area contributed by atoms with Crippen molar-refractivity contribution >= 4 is 22.4 Å². The maximum absolute atomic E-state index is 10.7. The van der Waals surface area contributed by atoms with Crippen molar-refractivity contribution in [3.63, 3.8) is 0 Å². The van der Waals surface area contributed by atoms with Crippen LogP contribution in [0.2, 0.25) is 0 Å². The van der Waals surface area contributed by atoms with Gasteiger partial charge in [0, 0.05) is 12.3 Å². The molecule has 0 aliphatic rings. The number of aryl methyl sites for hydroxylation is 1. The molecular weight excluding hydrogens is 184 g/mol. The maximum atomic E-state index is 10.7. The Morgan fingerprint density at radius 1 is 1.69 bits per heavy atom. The third kappa shape index (κ3) is 3.55. The number of thiazole rings is 1. The fourth-order valence-electron chi connectivity index (χ4n) is 0.988. The fraction of sp³-hybridized carbons (Fsp3) is 0.556. The molecule has 0 saturated heterocycles. The van der Waals surface area contributed by atoms with Gasteiger partial charge in [-0.05, 0) is 12.8 Å². The maximum Gasteiger partial charge on any atom is 0.223 e. The highest BCUT2D eigenvalue weighted by Crippen LogP contribution is 2.16. The van der Waals surface area contributed by atoms with Crippen LogP contribution < -0.4 is 5.32 Å². The van der Waals surface area contributed by atoms with Crippen LogP contribution in [-0.4, -0.2) is 10.9 Å². The number of rotatable bonds is 4. The lowest BCUT2D eigenvalue weighted by Gasteiger charge is -1.94. The van der Waals surface area contributed by atoms with Gasteiger partial charge in [-0.3, -0.25) is 4.79 Å². The van der Waals surface area contributed by atoms with E-state index < -0.39 is 0 Å². The molecule has 3 nitrogen and oxygen atoms in total. The monoisotopic (exact) mass is 198 g/mol. The zero-order valence-corrected chi connectivity index (χ0v) is 8.78. The van der Waals surface area contributed by atoms with E-state index in [9.17, 15) is 4.79 Å². The second-order valence-corrected chi connectivity index (χ2v) is 3.79. The highest BCUT2D eigenvalue weighted by Gasteiger charge is 2.01. The number of anilines is 1. The molecule has 0 aliphatic heterocycles. The van der Waals surface area contributed by atoms with E-state index in [1.165, 1.54) is 24.7 Å². The Morgan fingerprint density at radius 2 is 2.46 bits per heavy atom. The lowest BCUT2D eigenvalue weighted by molar-refractivity contribution is -0.114. The first-order chi connectivity index (χ1) is 6.22. The molecule has 1 heterocycles. The summed E-state index contributed by atoms with van der Waals surface area (Å²) in [5, 5.41) is 5.38. The number of nitrogens with zero attached hydrogens (tertiary/aromatic N) is 1. The zero-order chi connectivity index (χ0) is 9.68. The molecule has 1 aromatic rings. The van der Waals surface area contributed by atoms with Crippen LogP contribution in [-0.2, 0) is 11.2 Å². The van der Waals surface area contributed by atoms with Crippen molar-refractivity contribution in [3.05, 3.63) is 11.1 Å². The molecule has 1 amide bonds. The second-order valence-electron chi connectivity index (χ2n) is 2.93. The topological polar surface area (TPSA) is 42.0 Å². The van der Waals surface area contributed by atoms with Gasteiger partial charge in [0.05, 0.1) is 5.69 Å². The number of hydrogen-bond acceptors (Lipinski definition) is 3. The molecule has 1 aromatic heterocycles. The van der Waals surface area contributed by atoms with Crippen LogP contribution in [0.15, 0.2) is 5.38 Å². The Morgan fingerprint density at radius 3 is 3.08 bits per heavy atom. The van der Waals surface area contributed by atoms with E-state index in [-0.39, 0.29) is 5.91 Å². The largest absolute Gasteiger partial charge is 0.302 e. The number of nitrogens with one attached hydrogen (secondary N) is 1. The van der Waals surface area contributed by atoms with Gasteiger partial charge in [-0.15, -0.1) is 11.3 Å². The van der Waals surface area contributed by atoms with Crippen LogP contribution in [0.25, 0.3) is 0 Å². The number of carbonyl (C=O) groups is 1. The van der Waals surface area contributed by atoms with E-state index in [1.54, 1.807) is 0 Å². The summed E-state index contributed by atoms with van der Waals surface area (Å²) in [4.78, 5) is 15.0. The summed E-state index contributed by atoms with van der Waals surface area (Å²) in [6.45, 7) is 3.65. The summed E-state index contributed by atoms with van der Waals surface area (Å²) in [5.74, 6) is -0.0589. The first-order valence-corrected chi connectivity index (χ1v) is 5.32. The molecular formula is C9H14N2OS. The number of amides is 1. The Balaban J connectivity index is 2.48. The van der Waals surface area contributed by atoms with Gasteiger partial charge < -0.3 is 5.32 Å². The average Bonchev–Trinajstić information content (AvgIpc) is 2.48. The van der Waals surface area contributed by atoms with Crippen molar-refractivity contribution in [2.24, 2.45) is 0 Å². The number of carbonyl (C=O) groups excluding carboxylic acids is 1. The van der Waals surface area contributed by atoms with Crippen molar-refractivity contribution in [1.29, 1.82) is 0 Å². The summed E-state index contributed by atoms with van der Waals surface area (Å²) in [5.41, 5.74) is 1.08. The first-order valence-electron chi connectivity index (χ1n) is 4.44. The average molecular weight is 198 g/mol. The SMILES string of the molecule is CCCCc1csc(NC(C)=O)n1. The minimum atomic E-state index is -0.0589. The molecule has 0 aromatic carbocycles. The van der Waals surface area contributed by atoms with Gasteiger partial charge >= 0.3 is 0 Å². The van der Waals surface area contributed by atoms with Crippen LogP contribution in [0.1, 0.15) is 32.4 Å². The molecule has 0 bridgehead atoms. The molecule has 72 valence electrons. The molecule has 4 heteroatoms. The van der Waals surface area contributed by atoms with Crippen LogP contribution in [0.4, 0.5) is 5.13 Å². The highest BCUT2D eigenvalue weighted by molar-refractivity contribution is 7.13. The predicted molar refractivity (Wildman–Crippen MR) is 55.0 cm³/mol. The van der Waals surface area contributed by atoms with E-state index in [1.807, 2.05) is 5.38 Å². The summed E-state index contributed by atoms with van der Waals surface area (Å²) >= 11 is 1.49. The van der Waals surface area contributed by atoms with Crippen LogP contribution in [0, 0.1) is 0 Å². The Kier molecular flexibility index (Phi) is 3.89. The molecule has 0 fully saturated rings. The Bertz CT molecular complexity index is 283. The van der Waals surface area contributed by atoms with Gasteiger partial charge in [0.2, 0.25) is 5.91 Å². The smallest absolute Gasteiger partial charge is 0.223 e. The van der Waals surface area contributed by atoms with Gasteiger partial charge in [-0.1, -0.05) is 13.3 Å². The van der Waals surface area contributed by atoms with Gasteiger partial charge in [0.25, 0.3) is 0 Å². The molecule has 0 radical (unpaired) electrons. The van der Waals surface area contributed by atoms with E-state index in [0.29, 0.717) is 5.13 Å². The number of aromatic nitrogens is 1. The van der Waals surface area contributed by atoms with Gasteiger partial charge in [0.1, 0.15) is 0 Å². The van der Waals surface area contributed by atoms with E-state index >= 15 is 0 Å². The predicted octanol–water partition coefficient (Wildman–Crippen LogP) is 2.44. The fourth-order valence-corrected chi connectivity index (χ4v) is 1.78. The van der Waals surface area contributed by atoms with Crippen molar-refractivity contribution < 1.29 is 4.79 Å². The minimum Gasteiger partial charge on any atom is -0.302 e. The Hall–Kier alpha value is -0.900. The Labute approximate surface area is 82.2 Å². The van der Waals surface area contributed by atoms with Crippen molar-refractivity contribution in [2.45, 2.75) is 33.1 Å². The lowest BCUT2D eigenvalue weighted by Crippen LogP contribution is -2.05. The quantitative estimate of drug-likeness (QED) is 0.807.